The van der Waals surface area contributed by atoms with E-state index in [2.05, 4.69) is 5.16 Å². The molecule has 1 aromatic carbocycles. The van der Waals surface area contributed by atoms with Crippen LogP contribution in [-0.4, -0.2) is 29.3 Å². The normalized spacial score (nSPS) is 19.1. The van der Waals surface area contributed by atoms with Crippen LogP contribution in [0.1, 0.15) is 30.3 Å². The lowest BCUT2D eigenvalue weighted by Gasteiger charge is -2.21. The van der Waals surface area contributed by atoms with Crippen LogP contribution in [0, 0.1) is 17.0 Å². The van der Waals surface area contributed by atoms with Gasteiger partial charge < -0.3 is 4.52 Å². The summed E-state index contributed by atoms with van der Waals surface area (Å²) in [6.45, 7) is 2.04. The molecule has 0 spiro atoms. The number of hydrogen-bond donors (Lipinski definition) is 0. The van der Waals surface area contributed by atoms with Gasteiger partial charge >= 0.3 is 0 Å². The number of aryl methyl sites for hydroxylation is 1. The van der Waals surface area contributed by atoms with Crippen LogP contribution in [0.5, 0.6) is 0 Å². The molecule has 1 unspecified atom stereocenters. The minimum Gasteiger partial charge on any atom is -0.359 e. The molecule has 1 aliphatic heterocycles. The van der Waals surface area contributed by atoms with Crippen LogP contribution in [0.25, 0.3) is 0 Å². The first-order valence-electron chi connectivity index (χ1n) is 7.10. The summed E-state index contributed by atoms with van der Waals surface area (Å²) in [4.78, 5) is 10.2. The van der Waals surface area contributed by atoms with E-state index in [1.807, 2.05) is 0 Å². The van der Waals surface area contributed by atoms with E-state index in [9.17, 15) is 18.5 Å². The Morgan fingerprint density at radius 2 is 2.13 bits per heavy atom. The summed E-state index contributed by atoms with van der Waals surface area (Å²) < 4.78 is 32.3. The third-order valence-corrected chi connectivity index (χ3v) is 5.78. The molecule has 2 heterocycles. The minimum atomic E-state index is -4.00. The first kappa shape index (κ1) is 15.6. The van der Waals surface area contributed by atoms with Crippen LogP contribution in [0.3, 0.4) is 0 Å². The second kappa shape index (κ2) is 5.74. The number of nitro groups is 1. The summed E-state index contributed by atoms with van der Waals surface area (Å²) in [6.07, 6.45) is 1.25. The SMILES string of the molecule is Cc1cc(C2CCCN2S(=O)(=O)c2ccccc2[N+](=O)[O-])on1. The van der Waals surface area contributed by atoms with Gasteiger partial charge in [-0.3, -0.25) is 10.1 Å². The standard InChI is InChI=1S/C14H15N3O5S/c1-10-9-13(22-15-10)11-6-4-8-16(11)23(20,21)14-7-3-2-5-12(14)17(18)19/h2-3,5,7,9,11H,4,6,8H2,1H3. The smallest absolute Gasteiger partial charge is 0.289 e. The van der Waals surface area contributed by atoms with Gasteiger partial charge in [-0.05, 0) is 25.8 Å². The molecule has 1 fully saturated rings. The maximum atomic E-state index is 12.9. The summed E-state index contributed by atoms with van der Waals surface area (Å²) in [5.41, 5.74) is 0.238. The molecule has 0 radical (unpaired) electrons. The van der Waals surface area contributed by atoms with Gasteiger partial charge in [0.15, 0.2) is 10.7 Å². The van der Waals surface area contributed by atoms with Gasteiger partial charge in [0.2, 0.25) is 0 Å². The Balaban J connectivity index is 2.04. The van der Waals surface area contributed by atoms with Crippen LogP contribution >= 0.6 is 0 Å². The highest BCUT2D eigenvalue weighted by molar-refractivity contribution is 7.89. The largest absolute Gasteiger partial charge is 0.359 e. The van der Waals surface area contributed by atoms with Gasteiger partial charge in [-0.15, -0.1) is 0 Å². The zero-order chi connectivity index (χ0) is 16.6. The number of rotatable bonds is 4. The zero-order valence-electron chi connectivity index (χ0n) is 12.4. The van der Waals surface area contributed by atoms with E-state index in [0.717, 1.165) is 0 Å². The lowest BCUT2D eigenvalue weighted by Crippen LogP contribution is -2.31. The molecule has 0 aliphatic carbocycles. The van der Waals surface area contributed by atoms with Crippen molar-refractivity contribution in [3.8, 4) is 0 Å². The molecule has 0 bridgehead atoms. The molecule has 0 N–H and O–H groups in total. The highest BCUT2D eigenvalue weighted by atomic mass is 32.2. The van der Waals surface area contributed by atoms with Crippen LogP contribution in [0.2, 0.25) is 0 Å². The fraction of sp³-hybridized carbons (Fsp3) is 0.357. The number of nitrogens with zero attached hydrogens (tertiary/aromatic N) is 3. The van der Waals surface area contributed by atoms with Gasteiger partial charge in [-0.1, -0.05) is 17.3 Å². The molecule has 122 valence electrons. The molecule has 1 aromatic heterocycles. The van der Waals surface area contributed by atoms with Crippen LogP contribution in [-0.2, 0) is 10.0 Å². The fourth-order valence-corrected chi connectivity index (χ4v) is 4.63. The monoisotopic (exact) mass is 337 g/mol. The Morgan fingerprint density at radius 3 is 2.78 bits per heavy atom. The summed E-state index contributed by atoms with van der Waals surface area (Å²) in [7, 11) is -4.00. The van der Waals surface area contributed by atoms with Gasteiger partial charge in [-0.2, -0.15) is 4.31 Å². The summed E-state index contributed by atoms with van der Waals surface area (Å²) >= 11 is 0. The van der Waals surface area contributed by atoms with Crippen LogP contribution in [0.4, 0.5) is 5.69 Å². The molecule has 8 nitrogen and oxygen atoms in total. The number of aromatic nitrogens is 1. The lowest BCUT2D eigenvalue weighted by molar-refractivity contribution is -0.387. The molecule has 1 atom stereocenters. The van der Waals surface area contributed by atoms with Gasteiger partial charge in [0.25, 0.3) is 15.7 Å². The quantitative estimate of drug-likeness (QED) is 0.626. The highest BCUT2D eigenvalue weighted by Gasteiger charge is 2.40. The molecule has 0 saturated carbocycles. The highest BCUT2D eigenvalue weighted by Crippen LogP contribution is 2.38. The molecular formula is C14H15N3O5S. The molecule has 0 amide bonds. The van der Waals surface area contributed by atoms with E-state index in [1.165, 1.54) is 28.6 Å². The molecule has 23 heavy (non-hydrogen) atoms. The summed E-state index contributed by atoms with van der Waals surface area (Å²) in [5.74, 6) is 0.460. The molecule has 9 heteroatoms. The molecule has 1 aliphatic rings. The van der Waals surface area contributed by atoms with Crippen molar-refractivity contribution < 1.29 is 17.9 Å². The van der Waals surface area contributed by atoms with E-state index < -0.39 is 26.7 Å². The summed E-state index contributed by atoms with van der Waals surface area (Å²) in [6, 6.07) is 6.58. The van der Waals surface area contributed by atoms with Crippen molar-refractivity contribution in [2.75, 3.05) is 6.54 Å². The number of benzene rings is 1. The lowest BCUT2D eigenvalue weighted by atomic mass is 10.2. The number of hydrogen-bond acceptors (Lipinski definition) is 6. The first-order chi connectivity index (χ1) is 10.9. The zero-order valence-corrected chi connectivity index (χ0v) is 13.2. The van der Waals surface area contributed by atoms with E-state index in [1.54, 1.807) is 13.0 Å². The van der Waals surface area contributed by atoms with Crippen molar-refractivity contribution in [2.24, 2.45) is 0 Å². The van der Waals surface area contributed by atoms with E-state index >= 15 is 0 Å². The maximum Gasteiger partial charge on any atom is 0.289 e. The third kappa shape index (κ3) is 2.73. The average Bonchev–Trinajstić information content (AvgIpc) is 3.15. The van der Waals surface area contributed by atoms with Crippen molar-refractivity contribution in [1.82, 2.24) is 9.46 Å². The Bertz CT molecular complexity index is 846. The van der Waals surface area contributed by atoms with Crippen molar-refractivity contribution in [2.45, 2.75) is 30.7 Å². The molecule has 2 aromatic rings. The third-order valence-electron chi connectivity index (χ3n) is 3.83. The number of para-hydroxylation sites is 1. The Hall–Kier alpha value is -2.26. The average molecular weight is 337 g/mol. The van der Waals surface area contributed by atoms with E-state index in [0.29, 0.717) is 30.8 Å². The fourth-order valence-electron chi connectivity index (χ4n) is 2.80. The van der Waals surface area contributed by atoms with Gasteiger partial charge in [-0.25, -0.2) is 8.42 Å². The van der Waals surface area contributed by atoms with E-state index in [-0.39, 0.29) is 4.90 Å². The van der Waals surface area contributed by atoms with Gasteiger partial charge in [0.05, 0.1) is 16.7 Å². The van der Waals surface area contributed by atoms with Gasteiger partial charge in [0.1, 0.15) is 0 Å². The van der Waals surface area contributed by atoms with Crippen molar-refractivity contribution in [3.05, 3.63) is 51.9 Å². The van der Waals surface area contributed by atoms with Crippen molar-refractivity contribution in [3.63, 3.8) is 0 Å². The molecule has 1 saturated heterocycles. The number of sulfonamides is 1. The predicted molar refractivity (Wildman–Crippen MR) is 80.2 cm³/mol. The molecular weight excluding hydrogens is 322 g/mol. The van der Waals surface area contributed by atoms with Gasteiger partial charge in [0, 0.05) is 18.7 Å². The van der Waals surface area contributed by atoms with Crippen LogP contribution in [0.15, 0.2) is 39.8 Å². The Labute approximate surface area is 132 Å². The summed E-state index contributed by atoms with van der Waals surface area (Å²) in [5, 5.41) is 14.9. The predicted octanol–water partition coefficient (Wildman–Crippen LogP) is 2.42. The van der Waals surface area contributed by atoms with Crippen molar-refractivity contribution in [1.29, 1.82) is 0 Å². The number of nitro benzene ring substituents is 1. The van der Waals surface area contributed by atoms with E-state index in [4.69, 9.17) is 4.52 Å². The van der Waals surface area contributed by atoms with Crippen molar-refractivity contribution >= 4 is 15.7 Å². The second-order valence-electron chi connectivity index (χ2n) is 5.37. The second-order valence-corrected chi connectivity index (χ2v) is 7.23. The van der Waals surface area contributed by atoms with Crippen LogP contribution < -0.4 is 0 Å². The topological polar surface area (TPSA) is 107 Å². The maximum absolute atomic E-state index is 12.9. The first-order valence-corrected chi connectivity index (χ1v) is 8.54. The molecule has 3 rings (SSSR count). The minimum absolute atomic E-state index is 0.290. The Kier molecular flexibility index (Phi) is 3.90. The Morgan fingerprint density at radius 1 is 1.39 bits per heavy atom.